The lowest BCUT2D eigenvalue weighted by molar-refractivity contribution is -0.148. The van der Waals surface area contributed by atoms with Gasteiger partial charge in [-0.05, 0) is 43.9 Å². The molecule has 1 aliphatic carbocycles. The number of nitrogens with zero attached hydrogens (tertiary/aromatic N) is 1. The van der Waals surface area contributed by atoms with Gasteiger partial charge in [-0.3, -0.25) is 9.78 Å². The molecule has 4 heteroatoms. The van der Waals surface area contributed by atoms with E-state index in [0.717, 1.165) is 25.0 Å². The van der Waals surface area contributed by atoms with Gasteiger partial charge < -0.3 is 10.5 Å². The highest BCUT2D eigenvalue weighted by atomic mass is 16.5. The van der Waals surface area contributed by atoms with E-state index >= 15 is 0 Å². The van der Waals surface area contributed by atoms with E-state index in [2.05, 4.69) is 11.1 Å². The van der Waals surface area contributed by atoms with E-state index in [4.69, 9.17) is 10.5 Å². The molecule has 0 radical (unpaired) electrons. The third-order valence-electron chi connectivity index (χ3n) is 3.15. The van der Waals surface area contributed by atoms with E-state index in [0.29, 0.717) is 12.3 Å². The van der Waals surface area contributed by atoms with Crippen LogP contribution in [0, 0.1) is 5.92 Å². The van der Waals surface area contributed by atoms with Gasteiger partial charge in [0.25, 0.3) is 0 Å². The van der Waals surface area contributed by atoms with E-state index < -0.39 is 0 Å². The molecule has 0 aliphatic heterocycles. The van der Waals surface area contributed by atoms with Gasteiger partial charge in [-0.15, -0.1) is 0 Å². The van der Waals surface area contributed by atoms with Crippen LogP contribution in [-0.4, -0.2) is 17.6 Å². The number of anilines is 1. The number of carbonyl (C=O) groups excluding carboxylic acids is 1. The maximum atomic E-state index is 11.6. The molecule has 1 aliphatic rings. The molecule has 4 nitrogen and oxygen atoms in total. The summed E-state index contributed by atoms with van der Waals surface area (Å²) in [5, 5.41) is 0. The summed E-state index contributed by atoms with van der Waals surface area (Å²) in [7, 11) is 0. The summed E-state index contributed by atoms with van der Waals surface area (Å²) in [5.74, 6) is -0.0828. The van der Waals surface area contributed by atoms with Gasteiger partial charge in [0.2, 0.25) is 0 Å². The fourth-order valence-corrected chi connectivity index (χ4v) is 2.14. The van der Waals surface area contributed by atoms with Crippen LogP contribution in [0.15, 0.2) is 24.4 Å². The summed E-state index contributed by atoms with van der Waals surface area (Å²) in [6, 6.07) is 3.77. The summed E-state index contributed by atoms with van der Waals surface area (Å²) in [6.45, 7) is 2.28. The van der Waals surface area contributed by atoms with Crippen LogP contribution in [-0.2, 0) is 9.53 Å². The number of aromatic nitrogens is 1. The number of esters is 1. The molecule has 0 saturated carbocycles. The second-order valence-electron chi connectivity index (χ2n) is 4.43. The van der Waals surface area contributed by atoms with Crippen LogP contribution in [0.4, 0.5) is 5.69 Å². The second-order valence-corrected chi connectivity index (χ2v) is 4.43. The van der Waals surface area contributed by atoms with Crippen LogP contribution in [0.25, 0.3) is 5.57 Å². The van der Waals surface area contributed by atoms with E-state index in [1.165, 1.54) is 5.57 Å². The van der Waals surface area contributed by atoms with Crippen molar-refractivity contribution in [3.63, 3.8) is 0 Å². The highest BCUT2D eigenvalue weighted by molar-refractivity contribution is 5.75. The zero-order valence-electron chi connectivity index (χ0n) is 10.6. The summed E-state index contributed by atoms with van der Waals surface area (Å²) in [6.07, 6.45) is 6.18. The van der Waals surface area contributed by atoms with Crippen molar-refractivity contribution in [1.29, 1.82) is 0 Å². The molecule has 18 heavy (non-hydrogen) atoms. The summed E-state index contributed by atoms with van der Waals surface area (Å²) in [4.78, 5) is 15.9. The number of ether oxygens (including phenoxy) is 1. The number of nitrogen functional groups attached to an aromatic ring is 1. The number of hydrogen-bond donors (Lipinski definition) is 1. The number of carbonyl (C=O) groups is 1. The Hall–Kier alpha value is -1.84. The first-order valence-corrected chi connectivity index (χ1v) is 6.28. The largest absolute Gasteiger partial charge is 0.466 e. The minimum absolute atomic E-state index is 0.00230. The van der Waals surface area contributed by atoms with Gasteiger partial charge in [0.15, 0.2) is 0 Å². The molecular formula is C14H18N2O2. The maximum Gasteiger partial charge on any atom is 0.309 e. The number of hydrogen-bond acceptors (Lipinski definition) is 4. The van der Waals surface area contributed by atoms with Crippen LogP contribution in [0.5, 0.6) is 0 Å². The predicted octanol–water partition coefficient (Wildman–Crippen LogP) is 2.41. The molecule has 0 saturated heterocycles. The SMILES string of the molecule is CCOC(=O)C1CC=C(c2ccc(N)cn2)CC1. The van der Waals surface area contributed by atoms with Crippen molar-refractivity contribution < 1.29 is 9.53 Å². The zero-order chi connectivity index (χ0) is 13.0. The number of nitrogens with two attached hydrogens (primary N) is 1. The van der Waals surface area contributed by atoms with Gasteiger partial charge in [0, 0.05) is 0 Å². The molecule has 1 atom stereocenters. The van der Waals surface area contributed by atoms with E-state index in [9.17, 15) is 4.79 Å². The monoisotopic (exact) mass is 246 g/mol. The minimum atomic E-state index is -0.0851. The fraction of sp³-hybridized carbons (Fsp3) is 0.429. The lowest BCUT2D eigenvalue weighted by Gasteiger charge is -2.20. The van der Waals surface area contributed by atoms with Gasteiger partial charge in [-0.2, -0.15) is 0 Å². The number of allylic oxidation sites excluding steroid dienone is 2. The Labute approximate surface area is 107 Å². The van der Waals surface area contributed by atoms with Gasteiger partial charge in [-0.25, -0.2) is 0 Å². The molecule has 0 spiro atoms. The van der Waals surface area contributed by atoms with Gasteiger partial charge in [0.05, 0.1) is 30.1 Å². The Morgan fingerprint density at radius 2 is 2.39 bits per heavy atom. The first kappa shape index (κ1) is 12.6. The Bertz CT molecular complexity index is 451. The Morgan fingerprint density at radius 3 is 2.94 bits per heavy atom. The van der Waals surface area contributed by atoms with E-state index in [1.807, 2.05) is 19.1 Å². The fourth-order valence-electron chi connectivity index (χ4n) is 2.14. The Balaban J connectivity index is 2.02. The molecule has 2 N–H and O–H groups in total. The van der Waals surface area contributed by atoms with Crippen molar-refractivity contribution in [3.05, 3.63) is 30.1 Å². The molecule has 1 unspecified atom stereocenters. The van der Waals surface area contributed by atoms with Crippen LogP contribution in [0.1, 0.15) is 31.9 Å². The average molecular weight is 246 g/mol. The van der Waals surface area contributed by atoms with Crippen molar-refractivity contribution in [2.45, 2.75) is 26.2 Å². The lowest BCUT2D eigenvalue weighted by Crippen LogP contribution is -2.19. The molecule has 0 amide bonds. The molecule has 1 heterocycles. The van der Waals surface area contributed by atoms with Crippen molar-refractivity contribution >= 4 is 17.2 Å². The molecule has 1 aromatic rings. The summed E-state index contributed by atoms with van der Waals surface area (Å²) >= 11 is 0. The third kappa shape index (κ3) is 2.88. The van der Waals surface area contributed by atoms with Crippen LogP contribution in [0.2, 0.25) is 0 Å². The highest BCUT2D eigenvalue weighted by Crippen LogP contribution is 2.30. The topological polar surface area (TPSA) is 65.2 Å². The molecule has 0 bridgehead atoms. The van der Waals surface area contributed by atoms with Crippen LogP contribution in [0.3, 0.4) is 0 Å². The Kier molecular flexibility index (Phi) is 3.97. The van der Waals surface area contributed by atoms with E-state index in [1.54, 1.807) is 6.20 Å². The van der Waals surface area contributed by atoms with Crippen molar-refractivity contribution in [3.8, 4) is 0 Å². The van der Waals surface area contributed by atoms with Gasteiger partial charge in [-0.1, -0.05) is 6.08 Å². The Morgan fingerprint density at radius 1 is 1.56 bits per heavy atom. The van der Waals surface area contributed by atoms with Crippen LogP contribution < -0.4 is 5.73 Å². The number of rotatable bonds is 3. The second kappa shape index (κ2) is 5.67. The quantitative estimate of drug-likeness (QED) is 0.832. The maximum absolute atomic E-state index is 11.6. The van der Waals surface area contributed by atoms with Crippen molar-refractivity contribution in [2.75, 3.05) is 12.3 Å². The molecular weight excluding hydrogens is 228 g/mol. The number of pyridine rings is 1. The first-order valence-electron chi connectivity index (χ1n) is 6.28. The third-order valence-corrected chi connectivity index (χ3v) is 3.15. The van der Waals surface area contributed by atoms with Crippen molar-refractivity contribution in [2.24, 2.45) is 5.92 Å². The smallest absolute Gasteiger partial charge is 0.309 e. The predicted molar refractivity (Wildman–Crippen MR) is 70.6 cm³/mol. The highest BCUT2D eigenvalue weighted by Gasteiger charge is 2.23. The minimum Gasteiger partial charge on any atom is -0.466 e. The van der Waals surface area contributed by atoms with Crippen LogP contribution >= 0.6 is 0 Å². The normalized spacial score (nSPS) is 19.2. The van der Waals surface area contributed by atoms with Crippen molar-refractivity contribution in [1.82, 2.24) is 4.98 Å². The van der Waals surface area contributed by atoms with Gasteiger partial charge >= 0.3 is 5.97 Å². The summed E-state index contributed by atoms with van der Waals surface area (Å²) < 4.78 is 5.04. The molecule has 2 rings (SSSR count). The molecule has 1 aromatic heterocycles. The first-order chi connectivity index (χ1) is 8.70. The molecule has 0 aromatic carbocycles. The molecule has 0 fully saturated rings. The van der Waals surface area contributed by atoms with E-state index in [-0.39, 0.29) is 11.9 Å². The lowest BCUT2D eigenvalue weighted by atomic mass is 9.88. The van der Waals surface area contributed by atoms with Gasteiger partial charge in [0.1, 0.15) is 0 Å². The zero-order valence-corrected chi connectivity index (χ0v) is 10.6. The molecule has 96 valence electrons. The standard InChI is InChI=1S/C14H18N2O2/c1-2-18-14(17)11-5-3-10(4-6-11)13-8-7-12(15)9-16-13/h3,7-9,11H,2,4-6,15H2,1H3. The summed E-state index contributed by atoms with van der Waals surface area (Å²) in [5.41, 5.74) is 8.42. The average Bonchev–Trinajstić information content (AvgIpc) is 2.40.